The molecule has 0 fully saturated rings. The van der Waals surface area contributed by atoms with Gasteiger partial charge < -0.3 is 28.4 Å². The van der Waals surface area contributed by atoms with E-state index in [0.717, 1.165) is 63.5 Å². The molecule has 0 spiro atoms. The van der Waals surface area contributed by atoms with Crippen LogP contribution in [0.4, 0.5) is 43.9 Å². The van der Waals surface area contributed by atoms with Crippen LogP contribution in [-0.2, 0) is 22.7 Å². The number of allylic oxidation sites excluding steroid dienone is 8. The molecule has 16 heteroatoms. The van der Waals surface area contributed by atoms with Crippen molar-refractivity contribution in [3.8, 4) is 23.0 Å². The Morgan fingerprint density at radius 1 is 0.424 bits per heavy atom. The smallest absolute Gasteiger partial charge is 0.417 e. The Balaban J connectivity index is 0.000000196. The van der Waals surface area contributed by atoms with Gasteiger partial charge in [0.25, 0.3) is 0 Å². The second-order valence-electron chi connectivity index (χ2n) is 16.0. The van der Waals surface area contributed by atoms with Crippen molar-refractivity contribution in [1.82, 2.24) is 0 Å². The first kappa shape index (κ1) is 48.2. The molecular weight excluding hydrogens is 887 g/mol. The second-order valence-corrected chi connectivity index (χ2v) is 16.0. The van der Waals surface area contributed by atoms with Crippen LogP contribution < -0.4 is 18.9 Å². The van der Waals surface area contributed by atoms with E-state index in [-0.39, 0.29) is 37.9 Å². The lowest BCUT2D eigenvalue weighted by Gasteiger charge is -2.10. The van der Waals surface area contributed by atoms with E-state index in [9.17, 15) is 43.9 Å². The van der Waals surface area contributed by atoms with Crippen molar-refractivity contribution in [2.45, 2.75) is 89.8 Å². The van der Waals surface area contributed by atoms with E-state index < -0.39 is 46.8 Å². The van der Waals surface area contributed by atoms with E-state index in [2.05, 4.69) is 0 Å². The highest BCUT2D eigenvalue weighted by Crippen LogP contribution is 2.50. The van der Waals surface area contributed by atoms with Crippen LogP contribution in [0.1, 0.15) is 97.6 Å². The quantitative estimate of drug-likeness (QED) is 0.0732. The van der Waals surface area contributed by atoms with E-state index in [1.165, 1.54) is 48.6 Å². The number of hydrogen-bond donors (Lipinski definition) is 0. The molecule has 8 rings (SSSR count). The molecule has 4 aromatic carbocycles. The topological polar surface area (TPSA) is 55.4 Å². The third kappa shape index (κ3) is 12.8. The van der Waals surface area contributed by atoms with Crippen molar-refractivity contribution in [1.29, 1.82) is 0 Å². The number of benzene rings is 4. The largest absolute Gasteiger partial charge is 0.454 e. The monoisotopic (exact) mass is 932 g/mol. The summed E-state index contributed by atoms with van der Waals surface area (Å²) in [5.74, 6) is -0.949. The molecule has 0 saturated heterocycles. The first-order valence-electron chi connectivity index (χ1n) is 21.5. The zero-order chi connectivity index (χ0) is 46.8. The van der Waals surface area contributed by atoms with Crippen molar-refractivity contribution in [3.63, 3.8) is 0 Å². The molecule has 2 aliphatic heterocycles. The summed E-state index contributed by atoms with van der Waals surface area (Å²) >= 11 is 0. The number of halogens is 10. The molecule has 0 aromatic heterocycles. The molecule has 0 radical (unpaired) electrons. The molecule has 0 atom stereocenters. The summed E-state index contributed by atoms with van der Waals surface area (Å²) in [4.78, 5) is 0. The summed E-state index contributed by atoms with van der Waals surface area (Å²) in [5.41, 5.74) is 1.90. The van der Waals surface area contributed by atoms with Gasteiger partial charge in [0.2, 0.25) is 13.6 Å². The fourth-order valence-corrected chi connectivity index (χ4v) is 7.92. The van der Waals surface area contributed by atoms with Crippen LogP contribution >= 0.6 is 0 Å². The molecule has 2 heterocycles. The summed E-state index contributed by atoms with van der Waals surface area (Å²) < 4.78 is 165. The van der Waals surface area contributed by atoms with Crippen LogP contribution in [0, 0.1) is 23.3 Å². The number of alkyl halides is 6. The van der Waals surface area contributed by atoms with Gasteiger partial charge in [0.1, 0.15) is 23.3 Å². The van der Waals surface area contributed by atoms with Crippen molar-refractivity contribution in [2.24, 2.45) is 0 Å². The highest BCUT2D eigenvalue weighted by molar-refractivity contribution is 5.99. The highest BCUT2D eigenvalue weighted by atomic mass is 19.4. The average molecular weight is 933 g/mol. The zero-order valence-electron chi connectivity index (χ0n) is 35.6. The zero-order valence-corrected chi connectivity index (χ0v) is 35.6. The molecule has 0 saturated carbocycles. The molecule has 2 aliphatic carbocycles. The molecule has 66 heavy (non-hydrogen) atoms. The number of unbranched alkanes of at least 4 members (excludes halogenated alkanes) is 8. The van der Waals surface area contributed by atoms with Crippen LogP contribution in [0.5, 0.6) is 23.0 Å². The van der Waals surface area contributed by atoms with Gasteiger partial charge in [-0.25, -0.2) is 17.6 Å². The number of hydrogen-bond acceptors (Lipinski definition) is 6. The van der Waals surface area contributed by atoms with Crippen molar-refractivity contribution < 1.29 is 72.3 Å². The fraction of sp³-hybridized carbons (Fsp3) is 0.360. The van der Waals surface area contributed by atoms with Gasteiger partial charge in [0.05, 0.1) is 24.4 Å². The first-order valence-corrected chi connectivity index (χ1v) is 21.5. The van der Waals surface area contributed by atoms with Gasteiger partial charge in [-0.3, -0.25) is 0 Å². The van der Waals surface area contributed by atoms with E-state index in [4.69, 9.17) is 28.4 Å². The van der Waals surface area contributed by atoms with Gasteiger partial charge in [-0.05, 0) is 144 Å². The van der Waals surface area contributed by atoms with E-state index in [0.29, 0.717) is 82.5 Å². The Morgan fingerprint density at radius 2 is 0.758 bits per heavy atom. The molecule has 0 unspecified atom stereocenters. The minimum Gasteiger partial charge on any atom is -0.454 e. The molecule has 0 N–H and O–H groups in total. The average Bonchev–Trinajstić information content (AvgIpc) is 4.05. The van der Waals surface area contributed by atoms with Crippen LogP contribution in [0.25, 0.3) is 22.3 Å². The minimum atomic E-state index is -4.45. The maximum absolute atomic E-state index is 13.5. The molecule has 0 amide bonds. The fourth-order valence-electron chi connectivity index (χ4n) is 7.92. The number of rotatable bonds is 18. The van der Waals surface area contributed by atoms with Gasteiger partial charge in [-0.2, -0.15) is 26.3 Å². The summed E-state index contributed by atoms with van der Waals surface area (Å²) in [6.45, 7) is 1.24. The van der Waals surface area contributed by atoms with E-state index in [1.54, 1.807) is 12.1 Å². The van der Waals surface area contributed by atoms with Gasteiger partial charge in [0, 0.05) is 25.3 Å². The Bertz CT molecular complexity index is 2280. The van der Waals surface area contributed by atoms with E-state index in [1.807, 2.05) is 12.2 Å². The van der Waals surface area contributed by atoms with Crippen LogP contribution in [-0.4, -0.2) is 39.2 Å². The molecular formula is C50H46F10O6. The number of fused-ring (bicyclic) bond motifs is 4. The maximum atomic E-state index is 13.5. The lowest BCUT2D eigenvalue weighted by molar-refractivity contribution is -0.0696. The third-order valence-electron chi connectivity index (χ3n) is 11.0. The van der Waals surface area contributed by atoms with Crippen LogP contribution in [0.2, 0.25) is 0 Å². The maximum Gasteiger partial charge on any atom is 0.417 e. The molecule has 0 bridgehead atoms. The van der Waals surface area contributed by atoms with Crippen LogP contribution in [0.15, 0.2) is 85.0 Å². The van der Waals surface area contributed by atoms with Gasteiger partial charge >= 0.3 is 12.4 Å². The van der Waals surface area contributed by atoms with Crippen LogP contribution in [0.3, 0.4) is 0 Å². The predicted molar refractivity (Wildman–Crippen MR) is 227 cm³/mol. The summed E-state index contributed by atoms with van der Waals surface area (Å²) in [5, 5.41) is 0. The van der Waals surface area contributed by atoms with E-state index >= 15 is 0 Å². The lowest BCUT2D eigenvalue weighted by atomic mass is 10.0. The van der Waals surface area contributed by atoms with Crippen molar-refractivity contribution in [3.05, 3.63) is 142 Å². The Labute approximate surface area is 375 Å². The highest BCUT2D eigenvalue weighted by Gasteiger charge is 2.41. The molecule has 6 nitrogen and oxygen atoms in total. The summed E-state index contributed by atoms with van der Waals surface area (Å²) in [7, 11) is 0. The normalized spacial score (nSPS) is 15.8. The number of ether oxygens (including phenoxy) is 6. The summed E-state index contributed by atoms with van der Waals surface area (Å²) in [6.07, 6.45) is 5.22. The second kappa shape index (κ2) is 21.7. The predicted octanol–water partition coefficient (Wildman–Crippen LogP) is 14.4. The lowest BCUT2D eigenvalue weighted by Crippen LogP contribution is -2.09. The van der Waals surface area contributed by atoms with Crippen molar-refractivity contribution >= 4 is 22.3 Å². The Morgan fingerprint density at radius 3 is 1.11 bits per heavy atom. The molecule has 4 aromatic rings. The molecule has 4 aliphatic rings. The van der Waals surface area contributed by atoms with Gasteiger partial charge in [-0.15, -0.1) is 0 Å². The SMILES string of the molecule is Fc1cc(F)cc(COCCCCCC/C=C2/C=C(C(F)(F)F)c3cc4c(cc32)OCO4)c1.Fc1cc(F)cc(COCCCCCC/C=C2\C=C(C(F)(F)F)c3cc4c(cc32)OCO4)c1. The third-order valence-corrected chi connectivity index (χ3v) is 11.0. The Hall–Kier alpha value is -5.74. The summed E-state index contributed by atoms with van der Waals surface area (Å²) in [6, 6.07) is 12.6. The molecule has 352 valence electrons. The van der Waals surface area contributed by atoms with Crippen molar-refractivity contribution in [2.75, 3.05) is 26.8 Å². The first-order chi connectivity index (χ1) is 31.6. The van der Waals surface area contributed by atoms with Gasteiger partial charge in [0.15, 0.2) is 23.0 Å². The Kier molecular flexibility index (Phi) is 15.9. The standard InChI is InChI=1S/2C25H23F5O3/c2*26-18-8-16(9-19(27)11-18)14-31-7-5-3-1-2-4-6-17-10-22(25(28,29)30)21-13-24-23(12-20(17)21)32-15-33-24/h2*6,8-13H,1-5,7,14-15H2/b17-6+;17-6-. The minimum absolute atomic E-state index is 0.00514. The van der Waals surface area contributed by atoms with Gasteiger partial charge in [-0.1, -0.05) is 37.8 Å².